The summed E-state index contributed by atoms with van der Waals surface area (Å²) in [6.45, 7) is 1.35. The lowest BCUT2D eigenvalue weighted by Gasteiger charge is -2.16. The molecule has 7 heteroatoms. The number of carbonyl (C=O) groups excluding carboxylic acids is 3. The molecule has 0 N–H and O–H groups in total. The van der Waals surface area contributed by atoms with Gasteiger partial charge in [0, 0.05) is 30.6 Å². The lowest BCUT2D eigenvalue weighted by Crippen LogP contribution is -2.24. The van der Waals surface area contributed by atoms with Gasteiger partial charge in [-0.1, -0.05) is 6.07 Å². The predicted molar refractivity (Wildman–Crippen MR) is 105 cm³/mol. The number of hydrogen-bond acceptors (Lipinski definition) is 6. The summed E-state index contributed by atoms with van der Waals surface area (Å²) in [6, 6.07) is 11.6. The molecule has 0 spiro atoms. The monoisotopic (exact) mass is 395 g/mol. The maximum Gasteiger partial charge on any atom is 0.338 e. The van der Waals surface area contributed by atoms with Gasteiger partial charge in [0.1, 0.15) is 0 Å². The molecule has 0 aromatic heterocycles. The van der Waals surface area contributed by atoms with E-state index in [0.29, 0.717) is 54.5 Å². The number of anilines is 1. The van der Waals surface area contributed by atoms with Crippen molar-refractivity contribution < 1.29 is 28.6 Å². The second-order valence-corrected chi connectivity index (χ2v) is 6.91. The van der Waals surface area contributed by atoms with E-state index in [1.54, 1.807) is 47.4 Å². The Morgan fingerprint density at radius 2 is 1.79 bits per heavy atom. The third kappa shape index (κ3) is 4.23. The topological polar surface area (TPSA) is 82.1 Å². The molecule has 2 aliphatic rings. The average molecular weight is 395 g/mol. The van der Waals surface area contributed by atoms with Gasteiger partial charge in [-0.3, -0.25) is 9.59 Å². The van der Waals surface area contributed by atoms with Crippen LogP contribution in [0.15, 0.2) is 42.5 Å². The van der Waals surface area contributed by atoms with Crippen molar-refractivity contribution in [2.24, 2.45) is 0 Å². The van der Waals surface area contributed by atoms with Crippen LogP contribution in [0.4, 0.5) is 5.69 Å². The second kappa shape index (κ2) is 8.34. The van der Waals surface area contributed by atoms with Crippen molar-refractivity contribution in [1.82, 2.24) is 0 Å². The van der Waals surface area contributed by atoms with E-state index in [9.17, 15) is 14.4 Å². The summed E-state index contributed by atoms with van der Waals surface area (Å²) < 4.78 is 16.3. The average Bonchev–Trinajstić information content (AvgIpc) is 3.04. The van der Waals surface area contributed by atoms with Gasteiger partial charge in [0.25, 0.3) is 0 Å². The van der Waals surface area contributed by atoms with Gasteiger partial charge in [0.05, 0.1) is 18.8 Å². The van der Waals surface area contributed by atoms with E-state index in [2.05, 4.69) is 0 Å². The SMILES string of the molecule is O=C(COC(=O)c1cccc(N2CCCC2=O)c1)c1ccc2c(c1)OCCCO2. The summed E-state index contributed by atoms with van der Waals surface area (Å²) in [7, 11) is 0. The Balaban J connectivity index is 1.40. The molecule has 0 atom stereocenters. The first kappa shape index (κ1) is 19.0. The Labute approximate surface area is 168 Å². The number of hydrogen-bond donors (Lipinski definition) is 0. The van der Waals surface area contributed by atoms with Crippen molar-refractivity contribution in [3.8, 4) is 11.5 Å². The zero-order valence-electron chi connectivity index (χ0n) is 15.9. The van der Waals surface area contributed by atoms with Crippen molar-refractivity contribution >= 4 is 23.3 Å². The molecule has 0 unspecified atom stereocenters. The van der Waals surface area contributed by atoms with E-state index in [0.717, 1.165) is 12.8 Å². The Kier molecular flexibility index (Phi) is 5.46. The van der Waals surface area contributed by atoms with Crippen LogP contribution in [-0.2, 0) is 9.53 Å². The van der Waals surface area contributed by atoms with Crippen molar-refractivity contribution in [2.45, 2.75) is 19.3 Å². The minimum absolute atomic E-state index is 0.0418. The zero-order chi connectivity index (χ0) is 20.2. The molecule has 2 aromatic rings. The lowest BCUT2D eigenvalue weighted by molar-refractivity contribution is -0.117. The highest BCUT2D eigenvalue weighted by atomic mass is 16.5. The first-order valence-corrected chi connectivity index (χ1v) is 9.62. The Morgan fingerprint density at radius 3 is 2.59 bits per heavy atom. The van der Waals surface area contributed by atoms with Gasteiger partial charge in [-0.05, 0) is 42.8 Å². The molecule has 7 nitrogen and oxygen atoms in total. The number of esters is 1. The summed E-state index contributed by atoms with van der Waals surface area (Å²) in [6.07, 6.45) is 2.09. The molecule has 0 bridgehead atoms. The van der Waals surface area contributed by atoms with Crippen LogP contribution in [0.2, 0.25) is 0 Å². The number of fused-ring (bicyclic) bond motifs is 1. The fourth-order valence-corrected chi connectivity index (χ4v) is 3.36. The van der Waals surface area contributed by atoms with Crippen LogP contribution in [0.5, 0.6) is 11.5 Å². The van der Waals surface area contributed by atoms with Gasteiger partial charge in [0.15, 0.2) is 23.9 Å². The van der Waals surface area contributed by atoms with Gasteiger partial charge in [-0.2, -0.15) is 0 Å². The quantitative estimate of drug-likeness (QED) is 0.572. The number of carbonyl (C=O) groups is 3. The standard InChI is InChI=1S/C22H21NO6/c24-18(15-7-8-19-20(13-15)28-11-3-10-27-19)14-29-22(26)16-4-1-5-17(12-16)23-9-2-6-21(23)25/h1,4-5,7-8,12-13H,2-3,6,9-11,14H2. The minimum atomic E-state index is -0.610. The number of benzene rings is 2. The van der Waals surface area contributed by atoms with Crippen LogP contribution >= 0.6 is 0 Å². The summed E-state index contributed by atoms with van der Waals surface area (Å²) in [5, 5.41) is 0. The molecule has 1 saturated heterocycles. The molecule has 0 aliphatic carbocycles. The number of rotatable bonds is 5. The predicted octanol–water partition coefficient (Wildman–Crippen LogP) is 3.01. The summed E-state index contributed by atoms with van der Waals surface area (Å²) >= 11 is 0. The molecule has 150 valence electrons. The largest absolute Gasteiger partial charge is 0.490 e. The normalized spacial score (nSPS) is 15.7. The highest BCUT2D eigenvalue weighted by molar-refractivity contribution is 6.00. The third-order valence-electron chi connectivity index (χ3n) is 4.87. The van der Waals surface area contributed by atoms with Crippen LogP contribution < -0.4 is 14.4 Å². The summed E-state index contributed by atoms with van der Waals surface area (Å²) in [5.41, 5.74) is 1.35. The second-order valence-electron chi connectivity index (χ2n) is 6.91. The van der Waals surface area contributed by atoms with E-state index in [1.165, 1.54) is 0 Å². The van der Waals surface area contributed by atoms with E-state index < -0.39 is 5.97 Å². The molecule has 2 aliphatic heterocycles. The molecular weight excluding hydrogens is 374 g/mol. The van der Waals surface area contributed by atoms with Crippen LogP contribution in [0.1, 0.15) is 40.0 Å². The third-order valence-corrected chi connectivity index (χ3v) is 4.87. The van der Waals surface area contributed by atoms with Crippen molar-refractivity contribution in [1.29, 1.82) is 0 Å². The van der Waals surface area contributed by atoms with Crippen LogP contribution in [-0.4, -0.2) is 44.0 Å². The molecule has 2 heterocycles. The minimum Gasteiger partial charge on any atom is -0.490 e. The van der Waals surface area contributed by atoms with Crippen LogP contribution in [0.25, 0.3) is 0 Å². The summed E-state index contributed by atoms with van der Waals surface area (Å²) in [5.74, 6) is 0.216. The molecule has 0 radical (unpaired) electrons. The number of amides is 1. The number of ketones is 1. The van der Waals surface area contributed by atoms with Gasteiger partial charge in [-0.25, -0.2) is 4.79 Å². The highest BCUT2D eigenvalue weighted by Gasteiger charge is 2.23. The zero-order valence-corrected chi connectivity index (χ0v) is 15.9. The number of ether oxygens (including phenoxy) is 3. The summed E-state index contributed by atoms with van der Waals surface area (Å²) in [4.78, 5) is 38.4. The van der Waals surface area contributed by atoms with Crippen molar-refractivity contribution in [3.63, 3.8) is 0 Å². The molecule has 4 rings (SSSR count). The maximum absolute atomic E-state index is 12.4. The van der Waals surface area contributed by atoms with Crippen LogP contribution in [0.3, 0.4) is 0 Å². The molecule has 0 saturated carbocycles. The molecular formula is C22H21NO6. The van der Waals surface area contributed by atoms with Crippen LogP contribution in [0, 0.1) is 0 Å². The van der Waals surface area contributed by atoms with E-state index in [-0.39, 0.29) is 18.3 Å². The smallest absolute Gasteiger partial charge is 0.338 e. The van der Waals surface area contributed by atoms with E-state index in [1.807, 2.05) is 0 Å². The van der Waals surface area contributed by atoms with Gasteiger partial charge in [0.2, 0.25) is 5.91 Å². The van der Waals surface area contributed by atoms with Gasteiger partial charge in [-0.15, -0.1) is 0 Å². The highest BCUT2D eigenvalue weighted by Crippen LogP contribution is 2.30. The first-order chi connectivity index (χ1) is 14.1. The number of nitrogens with zero attached hydrogens (tertiary/aromatic N) is 1. The van der Waals surface area contributed by atoms with Crippen molar-refractivity contribution in [3.05, 3.63) is 53.6 Å². The Hall–Kier alpha value is -3.35. The van der Waals surface area contributed by atoms with Gasteiger partial charge >= 0.3 is 5.97 Å². The molecule has 1 amide bonds. The number of Topliss-reactive ketones (excluding diaryl/α,β-unsaturated/α-hetero) is 1. The molecule has 1 fully saturated rings. The molecule has 2 aromatic carbocycles. The lowest BCUT2D eigenvalue weighted by atomic mass is 10.1. The Bertz CT molecular complexity index is 954. The van der Waals surface area contributed by atoms with Crippen molar-refractivity contribution in [2.75, 3.05) is 31.3 Å². The fraction of sp³-hybridized carbons (Fsp3) is 0.318. The fourth-order valence-electron chi connectivity index (χ4n) is 3.36. The maximum atomic E-state index is 12.4. The van der Waals surface area contributed by atoms with E-state index >= 15 is 0 Å². The molecule has 29 heavy (non-hydrogen) atoms. The first-order valence-electron chi connectivity index (χ1n) is 9.62. The van der Waals surface area contributed by atoms with E-state index in [4.69, 9.17) is 14.2 Å². The Morgan fingerprint density at radius 1 is 0.966 bits per heavy atom. The van der Waals surface area contributed by atoms with Gasteiger partial charge < -0.3 is 19.1 Å².